The van der Waals surface area contributed by atoms with E-state index in [4.69, 9.17) is 0 Å². The summed E-state index contributed by atoms with van der Waals surface area (Å²) in [6.45, 7) is 1.83. The van der Waals surface area contributed by atoms with Crippen molar-refractivity contribution in [1.82, 2.24) is 5.43 Å². The Morgan fingerprint density at radius 2 is 1.30 bits per heavy atom. The number of fused-ring (bicyclic) bond motifs is 1. The normalized spacial score (nSPS) is 12.0. The molecular weight excluding hydrogens is 372 g/mol. The molecule has 30 heavy (non-hydrogen) atoms. The van der Waals surface area contributed by atoms with Gasteiger partial charge in [-0.2, -0.15) is 5.10 Å². The summed E-state index contributed by atoms with van der Waals surface area (Å²) in [7, 11) is 0. The van der Waals surface area contributed by atoms with Crippen molar-refractivity contribution in [3.8, 4) is 0 Å². The SMILES string of the molecule is C/C(=N/NC(=O)C(O)(c1ccccc1)c1ccccc1)c1ccc2ccccc2c1. The third-order valence-corrected chi connectivity index (χ3v) is 5.20. The Kier molecular flexibility index (Phi) is 5.42. The number of rotatable bonds is 5. The quantitative estimate of drug-likeness (QED) is 0.383. The molecule has 0 fully saturated rings. The van der Waals surface area contributed by atoms with Crippen LogP contribution >= 0.6 is 0 Å². The zero-order chi connectivity index (χ0) is 21.0. The van der Waals surface area contributed by atoms with Gasteiger partial charge in [-0.1, -0.05) is 97.1 Å². The van der Waals surface area contributed by atoms with E-state index in [1.54, 1.807) is 48.5 Å². The highest BCUT2D eigenvalue weighted by atomic mass is 16.3. The number of carbonyl (C=O) groups is 1. The van der Waals surface area contributed by atoms with E-state index in [-0.39, 0.29) is 0 Å². The van der Waals surface area contributed by atoms with Crippen LogP contribution in [-0.2, 0) is 10.4 Å². The van der Waals surface area contributed by atoms with Gasteiger partial charge in [0.1, 0.15) is 0 Å². The largest absolute Gasteiger partial charge is 0.372 e. The van der Waals surface area contributed by atoms with E-state index in [1.165, 1.54) is 0 Å². The summed E-state index contributed by atoms with van der Waals surface area (Å²) < 4.78 is 0. The van der Waals surface area contributed by atoms with Gasteiger partial charge < -0.3 is 5.11 Å². The molecule has 4 aromatic rings. The second-order valence-electron chi connectivity index (χ2n) is 7.14. The fourth-order valence-corrected chi connectivity index (χ4v) is 3.48. The van der Waals surface area contributed by atoms with Crippen molar-refractivity contribution in [3.63, 3.8) is 0 Å². The number of nitrogens with zero attached hydrogens (tertiary/aromatic N) is 1. The average molecular weight is 394 g/mol. The molecule has 4 rings (SSSR count). The molecule has 0 aliphatic carbocycles. The molecule has 0 heterocycles. The monoisotopic (exact) mass is 394 g/mol. The molecule has 4 nitrogen and oxygen atoms in total. The van der Waals surface area contributed by atoms with Crippen LogP contribution in [0.15, 0.2) is 108 Å². The number of nitrogens with one attached hydrogen (secondary N) is 1. The zero-order valence-electron chi connectivity index (χ0n) is 16.6. The van der Waals surface area contributed by atoms with Crippen molar-refractivity contribution in [1.29, 1.82) is 0 Å². The van der Waals surface area contributed by atoms with Crippen molar-refractivity contribution in [3.05, 3.63) is 120 Å². The number of amides is 1. The smallest absolute Gasteiger partial charge is 0.281 e. The summed E-state index contributed by atoms with van der Waals surface area (Å²) >= 11 is 0. The van der Waals surface area contributed by atoms with Crippen LogP contribution in [0.1, 0.15) is 23.6 Å². The maximum absolute atomic E-state index is 13.1. The number of hydrazone groups is 1. The summed E-state index contributed by atoms with van der Waals surface area (Å²) in [5.41, 5.74) is 3.22. The molecule has 1 amide bonds. The molecule has 0 radical (unpaired) electrons. The first-order chi connectivity index (χ1) is 14.6. The van der Waals surface area contributed by atoms with Crippen molar-refractivity contribution < 1.29 is 9.90 Å². The molecule has 0 bridgehead atoms. The van der Waals surface area contributed by atoms with E-state index in [2.05, 4.69) is 10.5 Å². The number of hydrogen-bond donors (Lipinski definition) is 2. The van der Waals surface area contributed by atoms with Gasteiger partial charge >= 0.3 is 0 Å². The molecule has 148 valence electrons. The highest BCUT2D eigenvalue weighted by molar-refractivity contribution is 6.02. The highest BCUT2D eigenvalue weighted by Gasteiger charge is 2.39. The predicted molar refractivity (Wildman–Crippen MR) is 120 cm³/mol. The number of benzene rings is 4. The molecule has 4 aromatic carbocycles. The van der Waals surface area contributed by atoms with Gasteiger partial charge in [0.05, 0.1) is 5.71 Å². The van der Waals surface area contributed by atoms with E-state index in [1.807, 2.05) is 61.5 Å². The lowest BCUT2D eigenvalue weighted by atomic mass is 9.85. The number of hydrogen-bond acceptors (Lipinski definition) is 3. The van der Waals surface area contributed by atoms with Gasteiger partial charge in [-0.25, -0.2) is 5.43 Å². The van der Waals surface area contributed by atoms with E-state index < -0.39 is 11.5 Å². The van der Waals surface area contributed by atoms with Crippen molar-refractivity contribution in [2.75, 3.05) is 0 Å². The molecule has 0 aliphatic heterocycles. The standard InChI is InChI=1S/C26H22N2O2/c1-19(21-17-16-20-10-8-9-11-22(20)18-21)27-28-25(29)26(30,23-12-4-2-5-13-23)24-14-6-3-7-15-24/h2-18,30H,1H3,(H,28,29)/b27-19-. The minimum Gasteiger partial charge on any atom is -0.372 e. The molecule has 0 spiro atoms. The molecule has 0 atom stereocenters. The summed E-state index contributed by atoms with van der Waals surface area (Å²) in [6, 6.07) is 31.9. The topological polar surface area (TPSA) is 61.7 Å². The highest BCUT2D eigenvalue weighted by Crippen LogP contribution is 2.30. The Balaban J connectivity index is 1.65. The first-order valence-corrected chi connectivity index (χ1v) is 9.76. The lowest BCUT2D eigenvalue weighted by molar-refractivity contribution is -0.136. The zero-order valence-corrected chi connectivity index (χ0v) is 16.6. The number of aliphatic hydroxyl groups is 1. The van der Waals surface area contributed by atoms with Gasteiger partial charge in [0.15, 0.2) is 5.60 Å². The van der Waals surface area contributed by atoms with Crippen molar-refractivity contribution in [2.24, 2.45) is 5.10 Å². The second-order valence-corrected chi connectivity index (χ2v) is 7.14. The van der Waals surface area contributed by atoms with Crippen LogP contribution in [0.5, 0.6) is 0 Å². The lowest BCUT2D eigenvalue weighted by Gasteiger charge is -2.27. The molecule has 0 aliphatic rings. The minimum atomic E-state index is -1.85. The lowest BCUT2D eigenvalue weighted by Crippen LogP contribution is -2.43. The molecule has 4 heteroatoms. The molecule has 2 N–H and O–H groups in total. The van der Waals surface area contributed by atoms with Crippen molar-refractivity contribution in [2.45, 2.75) is 12.5 Å². The second kappa shape index (κ2) is 8.31. The maximum atomic E-state index is 13.1. The third-order valence-electron chi connectivity index (χ3n) is 5.20. The maximum Gasteiger partial charge on any atom is 0.281 e. The first kappa shape index (κ1) is 19.6. The summed E-state index contributed by atoms with van der Waals surface area (Å²) in [5.74, 6) is -0.611. The fourth-order valence-electron chi connectivity index (χ4n) is 3.48. The van der Waals surface area contributed by atoms with Gasteiger partial charge in [0, 0.05) is 0 Å². The molecular formula is C26H22N2O2. The summed E-state index contributed by atoms with van der Waals surface area (Å²) in [4.78, 5) is 13.1. The van der Waals surface area contributed by atoms with Crippen LogP contribution in [0.3, 0.4) is 0 Å². The Hall–Kier alpha value is -3.76. The van der Waals surface area contributed by atoms with Gasteiger partial charge in [0.25, 0.3) is 5.91 Å². The molecule has 0 aromatic heterocycles. The molecule has 0 saturated heterocycles. The van der Waals surface area contributed by atoms with Crippen LogP contribution in [0.25, 0.3) is 10.8 Å². The van der Waals surface area contributed by atoms with Crippen LogP contribution < -0.4 is 5.43 Å². The van der Waals surface area contributed by atoms with E-state index >= 15 is 0 Å². The Morgan fingerprint density at radius 1 is 0.767 bits per heavy atom. The van der Waals surface area contributed by atoms with E-state index in [9.17, 15) is 9.90 Å². The van der Waals surface area contributed by atoms with Gasteiger partial charge in [0.2, 0.25) is 0 Å². The summed E-state index contributed by atoms with van der Waals surface area (Å²) in [6.07, 6.45) is 0. The van der Waals surface area contributed by atoms with Gasteiger partial charge in [-0.05, 0) is 40.5 Å². The first-order valence-electron chi connectivity index (χ1n) is 9.76. The minimum absolute atomic E-state index is 0.479. The third kappa shape index (κ3) is 3.73. The van der Waals surface area contributed by atoms with E-state index in [0.717, 1.165) is 16.3 Å². The van der Waals surface area contributed by atoms with Crippen molar-refractivity contribution >= 4 is 22.4 Å². The van der Waals surface area contributed by atoms with Crippen LogP contribution in [-0.4, -0.2) is 16.7 Å². The van der Waals surface area contributed by atoms with Gasteiger partial charge in [-0.15, -0.1) is 0 Å². The average Bonchev–Trinajstić information content (AvgIpc) is 2.82. The fraction of sp³-hybridized carbons (Fsp3) is 0.0769. The predicted octanol–water partition coefficient (Wildman–Crippen LogP) is 4.62. The number of carbonyl (C=O) groups excluding carboxylic acids is 1. The van der Waals surface area contributed by atoms with Crippen LogP contribution in [0.2, 0.25) is 0 Å². The van der Waals surface area contributed by atoms with Crippen LogP contribution in [0.4, 0.5) is 0 Å². The van der Waals surface area contributed by atoms with Gasteiger partial charge in [-0.3, -0.25) is 4.79 Å². The Bertz CT molecular complexity index is 1160. The molecule has 0 unspecified atom stereocenters. The van der Waals surface area contributed by atoms with E-state index in [0.29, 0.717) is 16.8 Å². The van der Waals surface area contributed by atoms with Crippen LogP contribution in [0, 0.1) is 0 Å². The Morgan fingerprint density at radius 3 is 1.90 bits per heavy atom. The summed E-state index contributed by atoms with van der Waals surface area (Å²) in [5, 5.41) is 18.0. The Labute approximate surface area is 175 Å². The molecule has 0 saturated carbocycles.